The highest BCUT2D eigenvalue weighted by Crippen LogP contribution is 2.12. The largest absolute Gasteiger partial charge is 0.367 e. The molecular weight excluding hydrogens is 228 g/mol. The third-order valence-electron chi connectivity index (χ3n) is 2.20. The van der Waals surface area contributed by atoms with Crippen molar-refractivity contribution in [2.75, 3.05) is 11.9 Å². The monoisotopic (exact) mass is 244 g/mol. The average Bonchev–Trinajstić information content (AvgIpc) is 2.20. The van der Waals surface area contributed by atoms with Crippen molar-refractivity contribution in [3.8, 4) is 0 Å². The van der Waals surface area contributed by atoms with Crippen molar-refractivity contribution in [1.82, 2.24) is 0 Å². The molecule has 4 N–H and O–H groups in total. The fraction of sp³-hybridized carbons (Fsp3) is 0.400. The number of hydrogen-bond acceptors (Lipinski definition) is 4. The van der Waals surface area contributed by atoms with Crippen molar-refractivity contribution < 1.29 is 13.0 Å². The van der Waals surface area contributed by atoms with Gasteiger partial charge in [-0.3, -0.25) is 4.55 Å². The Morgan fingerprint density at radius 2 is 1.94 bits per heavy atom. The van der Waals surface area contributed by atoms with E-state index in [4.69, 9.17) is 10.3 Å². The van der Waals surface area contributed by atoms with Crippen molar-refractivity contribution in [2.24, 2.45) is 5.73 Å². The van der Waals surface area contributed by atoms with Crippen LogP contribution >= 0.6 is 0 Å². The summed E-state index contributed by atoms with van der Waals surface area (Å²) in [6, 6.07) is 7.25. The zero-order chi connectivity index (χ0) is 12.2. The van der Waals surface area contributed by atoms with Crippen LogP contribution in [0.1, 0.15) is 12.5 Å². The minimum absolute atomic E-state index is 0.578. The molecule has 1 rings (SSSR count). The van der Waals surface area contributed by atoms with Crippen LogP contribution in [0.4, 0.5) is 5.69 Å². The maximum atomic E-state index is 10.8. The molecule has 0 saturated heterocycles. The van der Waals surface area contributed by atoms with E-state index < -0.39 is 15.5 Å². The van der Waals surface area contributed by atoms with Crippen LogP contribution in [0.25, 0.3) is 0 Å². The zero-order valence-electron chi connectivity index (χ0n) is 9.05. The van der Waals surface area contributed by atoms with Gasteiger partial charge in [0.25, 0.3) is 10.1 Å². The SMILES string of the molecule is CC(Nc1ccc(CCN)cc1)S(=O)(=O)O. The Kier molecular flexibility index (Phi) is 4.28. The molecule has 0 saturated carbocycles. The normalized spacial score (nSPS) is 13.4. The van der Waals surface area contributed by atoms with Gasteiger partial charge in [0.2, 0.25) is 0 Å². The maximum Gasteiger partial charge on any atom is 0.285 e. The van der Waals surface area contributed by atoms with Gasteiger partial charge in [0.05, 0.1) is 0 Å². The summed E-state index contributed by atoms with van der Waals surface area (Å²) in [7, 11) is -4.05. The van der Waals surface area contributed by atoms with Crippen LogP contribution in [-0.2, 0) is 16.5 Å². The summed E-state index contributed by atoms with van der Waals surface area (Å²) in [5, 5.41) is 1.66. The molecule has 0 heterocycles. The number of nitrogens with one attached hydrogen (secondary N) is 1. The van der Waals surface area contributed by atoms with Crippen LogP contribution in [-0.4, -0.2) is 24.9 Å². The van der Waals surface area contributed by atoms with Gasteiger partial charge < -0.3 is 11.1 Å². The molecule has 1 atom stereocenters. The number of rotatable bonds is 5. The number of hydrogen-bond donors (Lipinski definition) is 3. The maximum absolute atomic E-state index is 10.8. The number of anilines is 1. The van der Waals surface area contributed by atoms with Gasteiger partial charge in [0.1, 0.15) is 0 Å². The predicted octanol–water partition coefficient (Wildman–Crippen LogP) is 0.833. The molecule has 0 fully saturated rings. The summed E-state index contributed by atoms with van der Waals surface area (Å²) in [5.41, 5.74) is 7.14. The predicted molar refractivity (Wildman–Crippen MR) is 63.8 cm³/mol. The zero-order valence-corrected chi connectivity index (χ0v) is 9.87. The smallest absolute Gasteiger partial charge is 0.285 e. The summed E-state index contributed by atoms with van der Waals surface area (Å²) >= 11 is 0. The molecule has 6 heteroatoms. The average molecular weight is 244 g/mol. The Balaban J connectivity index is 2.69. The highest BCUT2D eigenvalue weighted by molar-refractivity contribution is 7.86. The third kappa shape index (κ3) is 3.80. The van der Waals surface area contributed by atoms with E-state index >= 15 is 0 Å². The Labute approximate surface area is 95.4 Å². The second-order valence-corrected chi connectivity index (χ2v) is 5.27. The minimum Gasteiger partial charge on any atom is -0.367 e. The Hall–Kier alpha value is -1.11. The lowest BCUT2D eigenvalue weighted by molar-refractivity contribution is 0.475. The molecule has 0 bridgehead atoms. The first-order chi connectivity index (χ1) is 7.43. The van der Waals surface area contributed by atoms with Gasteiger partial charge in [0, 0.05) is 5.69 Å². The molecule has 0 radical (unpaired) electrons. The van der Waals surface area contributed by atoms with Gasteiger partial charge in [-0.05, 0) is 37.6 Å². The molecule has 0 aliphatic heterocycles. The van der Waals surface area contributed by atoms with Crippen LogP contribution in [0, 0.1) is 0 Å². The van der Waals surface area contributed by atoms with Crippen molar-refractivity contribution in [3.05, 3.63) is 29.8 Å². The molecule has 16 heavy (non-hydrogen) atoms. The van der Waals surface area contributed by atoms with Crippen molar-refractivity contribution in [3.63, 3.8) is 0 Å². The minimum atomic E-state index is -4.05. The summed E-state index contributed by atoms with van der Waals surface area (Å²) in [6.07, 6.45) is 0.786. The quantitative estimate of drug-likeness (QED) is 0.667. The van der Waals surface area contributed by atoms with Crippen LogP contribution in [0.3, 0.4) is 0 Å². The van der Waals surface area contributed by atoms with E-state index in [2.05, 4.69) is 5.32 Å². The van der Waals surface area contributed by atoms with Gasteiger partial charge in [-0.1, -0.05) is 12.1 Å². The van der Waals surface area contributed by atoms with Gasteiger partial charge in [-0.2, -0.15) is 8.42 Å². The first-order valence-electron chi connectivity index (χ1n) is 4.95. The van der Waals surface area contributed by atoms with Gasteiger partial charge >= 0.3 is 0 Å². The molecule has 90 valence electrons. The highest BCUT2D eigenvalue weighted by atomic mass is 32.2. The molecular formula is C10H16N2O3S. The fourth-order valence-electron chi connectivity index (χ4n) is 1.24. The molecule has 1 unspecified atom stereocenters. The molecule has 0 aliphatic carbocycles. The first kappa shape index (κ1) is 13.0. The van der Waals surface area contributed by atoms with Crippen molar-refractivity contribution in [2.45, 2.75) is 18.7 Å². The van der Waals surface area contributed by atoms with E-state index in [0.29, 0.717) is 12.2 Å². The van der Waals surface area contributed by atoms with Crippen LogP contribution in [0.15, 0.2) is 24.3 Å². The summed E-state index contributed by atoms with van der Waals surface area (Å²) in [4.78, 5) is 0. The molecule has 0 amide bonds. The van der Waals surface area contributed by atoms with Crippen molar-refractivity contribution in [1.29, 1.82) is 0 Å². The molecule has 0 aliphatic rings. The second-order valence-electron chi connectivity index (χ2n) is 3.54. The van der Waals surface area contributed by atoms with E-state index in [9.17, 15) is 8.42 Å². The van der Waals surface area contributed by atoms with Crippen molar-refractivity contribution >= 4 is 15.8 Å². The Morgan fingerprint density at radius 3 is 2.38 bits per heavy atom. The van der Waals surface area contributed by atoms with E-state index in [1.54, 1.807) is 12.1 Å². The molecule has 1 aromatic rings. The Bertz CT molecular complexity index is 428. The lowest BCUT2D eigenvalue weighted by atomic mass is 10.1. The molecule has 0 aromatic heterocycles. The highest BCUT2D eigenvalue weighted by Gasteiger charge is 2.16. The summed E-state index contributed by atoms with van der Waals surface area (Å²) < 4.78 is 30.3. The Morgan fingerprint density at radius 1 is 1.38 bits per heavy atom. The summed E-state index contributed by atoms with van der Waals surface area (Å²) in [5.74, 6) is 0. The topological polar surface area (TPSA) is 92.4 Å². The van der Waals surface area contributed by atoms with E-state index in [0.717, 1.165) is 12.0 Å². The second kappa shape index (κ2) is 5.29. The third-order valence-corrected chi connectivity index (χ3v) is 3.22. The van der Waals surface area contributed by atoms with E-state index in [1.165, 1.54) is 6.92 Å². The van der Waals surface area contributed by atoms with E-state index in [-0.39, 0.29) is 0 Å². The number of benzene rings is 1. The van der Waals surface area contributed by atoms with Crippen LogP contribution < -0.4 is 11.1 Å². The molecule has 5 nitrogen and oxygen atoms in total. The molecule has 1 aromatic carbocycles. The van der Waals surface area contributed by atoms with Gasteiger partial charge in [-0.15, -0.1) is 0 Å². The lowest BCUT2D eigenvalue weighted by Crippen LogP contribution is -2.25. The van der Waals surface area contributed by atoms with Gasteiger partial charge in [-0.25, -0.2) is 0 Å². The van der Waals surface area contributed by atoms with Crippen LogP contribution in [0.2, 0.25) is 0 Å². The standard InChI is InChI=1S/C10H16N2O3S/c1-8(16(13,14)15)12-10-4-2-9(3-5-10)6-7-11/h2-5,8,12H,6-7,11H2,1H3,(H,13,14,15). The van der Waals surface area contributed by atoms with E-state index in [1.807, 2.05) is 12.1 Å². The number of nitrogens with two attached hydrogens (primary N) is 1. The first-order valence-corrected chi connectivity index (χ1v) is 6.45. The lowest BCUT2D eigenvalue weighted by Gasteiger charge is -2.12. The molecule has 0 spiro atoms. The summed E-state index contributed by atoms with van der Waals surface area (Å²) in [6.45, 7) is 1.96. The van der Waals surface area contributed by atoms with Crippen LogP contribution in [0.5, 0.6) is 0 Å². The van der Waals surface area contributed by atoms with Gasteiger partial charge in [0.15, 0.2) is 5.37 Å². The fourth-order valence-corrected chi connectivity index (χ4v) is 1.53.